The summed E-state index contributed by atoms with van der Waals surface area (Å²) >= 11 is 0. The molecule has 0 bridgehead atoms. The van der Waals surface area contributed by atoms with Crippen molar-refractivity contribution in [2.45, 2.75) is 25.9 Å². The van der Waals surface area contributed by atoms with Gasteiger partial charge in [-0.05, 0) is 42.3 Å². The summed E-state index contributed by atoms with van der Waals surface area (Å²) in [4.78, 5) is 0. The molecule has 1 heterocycles. The molecule has 0 spiro atoms. The van der Waals surface area contributed by atoms with E-state index in [9.17, 15) is 0 Å². The van der Waals surface area contributed by atoms with Gasteiger partial charge in [-0.2, -0.15) is 0 Å². The molecular weight excluding hydrogens is 260 g/mol. The highest BCUT2D eigenvalue weighted by molar-refractivity contribution is 5.55. The second-order valence-electron chi connectivity index (χ2n) is 5.40. The standard InChI is InChI=1S/C19H20O2/c1-4-5-14-6-11-18-17(12-14)13(2)19(21-18)15-7-9-16(20-3)10-8-15/h4-13,19H,1-3H3/b5-4+/t13-,19-/m0/s1. The minimum atomic E-state index is 0.0757. The van der Waals surface area contributed by atoms with Crippen LogP contribution in [0, 0.1) is 0 Å². The van der Waals surface area contributed by atoms with Crippen molar-refractivity contribution < 1.29 is 9.47 Å². The third kappa shape index (κ3) is 2.54. The molecule has 0 aliphatic carbocycles. The Morgan fingerprint density at radius 3 is 2.52 bits per heavy atom. The van der Waals surface area contributed by atoms with Crippen LogP contribution in [0.2, 0.25) is 0 Å². The molecule has 2 aromatic rings. The summed E-state index contributed by atoms with van der Waals surface area (Å²) in [5, 5.41) is 0. The van der Waals surface area contributed by atoms with E-state index in [4.69, 9.17) is 9.47 Å². The topological polar surface area (TPSA) is 18.5 Å². The number of methoxy groups -OCH3 is 1. The zero-order valence-corrected chi connectivity index (χ0v) is 12.7. The van der Waals surface area contributed by atoms with Crippen molar-refractivity contribution in [1.82, 2.24) is 0 Å². The van der Waals surface area contributed by atoms with Gasteiger partial charge in [0.15, 0.2) is 0 Å². The van der Waals surface area contributed by atoms with Gasteiger partial charge in [-0.25, -0.2) is 0 Å². The Morgan fingerprint density at radius 1 is 1.10 bits per heavy atom. The van der Waals surface area contributed by atoms with E-state index in [0.717, 1.165) is 11.5 Å². The van der Waals surface area contributed by atoms with Gasteiger partial charge in [0.25, 0.3) is 0 Å². The van der Waals surface area contributed by atoms with E-state index in [0.29, 0.717) is 5.92 Å². The molecule has 1 aliphatic heterocycles. The second kappa shape index (κ2) is 5.65. The molecular formula is C19H20O2. The molecule has 0 saturated heterocycles. The lowest BCUT2D eigenvalue weighted by atomic mass is 9.92. The van der Waals surface area contributed by atoms with Crippen LogP contribution in [0.15, 0.2) is 48.5 Å². The van der Waals surface area contributed by atoms with E-state index in [-0.39, 0.29) is 6.10 Å². The van der Waals surface area contributed by atoms with Crippen molar-refractivity contribution in [3.8, 4) is 11.5 Å². The summed E-state index contributed by atoms with van der Waals surface area (Å²) in [6.45, 7) is 4.26. The van der Waals surface area contributed by atoms with Crippen molar-refractivity contribution in [1.29, 1.82) is 0 Å². The predicted molar refractivity (Wildman–Crippen MR) is 85.9 cm³/mol. The van der Waals surface area contributed by atoms with Gasteiger partial charge in [-0.15, -0.1) is 0 Å². The van der Waals surface area contributed by atoms with Crippen LogP contribution in [0.5, 0.6) is 11.5 Å². The second-order valence-corrected chi connectivity index (χ2v) is 5.40. The molecule has 0 N–H and O–H groups in total. The molecule has 1 aliphatic rings. The number of fused-ring (bicyclic) bond motifs is 1. The molecule has 0 unspecified atom stereocenters. The molecule has 2 nitrogen and oxygen atoms in total. The Labute approximate surface area is 126 Å². The van der Waals surface area contributed by atoms with E-state index < -0.39 is 0 Å². The van der Waals surface area contributed by atoms with Gasteiger partial charge in [0.05, 0.1) is 7.11 Å². The smallest absolute Gasteiger partial charge is 0.130 e. The number of hydrogen-bond acceptors (Lipinski definition) is 2. The molecule has 0 amide bonds. The number of rotatable bonds is 3. The highest BCUT2D eigenvalue weighted by Crippen LogP contribution is 2.46. The molecule has 0 fully saturated rings. The summed E-state index contributed by atoms with van der Waals surface area (Å²) in [6, 6.07) is 14.5. The molecule has 0 aromatic heterocycles. The van der Waals surface area contributed by atoms with Crippen LogP contribution in [0.1, 0.15) is 42.6 Å². The average Bonchev–Trinajstić information content (AvgIpc) is 2.85. The van der Waals surface area contributed by atoms with Crippen LogP contribution >= 0.6 is 0 Å². The normalized spacial score (nSPS) is 20.3. The van der Waals surface area contributed by atoms with Crippen LogP contribution in [0.3, 0.4) is 0 Å². The molecule has 2 heteroatoms. The summed E-state index contributed by atoms with van der Waals surface area (Å²) < 4.78 is 11.4. The molecule has 3 rings (SSSR count). The first-order chi connectivity index (χ1) is 10.2. The zero-order chi connectivity index (χ0) is 14.8. The molecule has 0 saturated carbocycles. The van der Waals surface area contributed by atoms with Crippen LogP contribution in [0.4, 0.5) is 0 Å². The summed E-state index contributed by atoms with van der Waals surface area (Å²) in [6.07, 6.45) is 4.25. The highest BCUT2D eigenvalue weighted by Gasteiger charge is 2.32. The monoisotopic (exact) mass is 280 g/mol. The lowest BCUT2D eigenvalue weighted by Crippen LogP contribution is -2.07. The van der Waals surface area contributed by atoms with Crippen molar-refractivity contribution in [2.75, 3.05) is 7.11 Å². The maximum Gasteiger partial charge on any atom is 0.130 e. The van der Waals surface area contributed by atoms with Crippen molar-refractivity contribution >= 4 is 6.08 Å². The van der Waals surface area contributed by atoms with Gasteiger partial charge in [0.1, 0.15) is 17.6 Å². The Kier molecular flexibility index (Phi) is 3.70. The molecule has 2 atom stereocenters. The Morgan fingerprint density at radius 2 is 1.86 bits per heavy atom. The van der Waals surface area contributed by atoms with Crippen molar-refractivity contribution in [3.05, 3.63) is 65.2 Å². The minimum absolute atomic E-state index is 0.0757. The van der Waals surface area contributed by atoms with Gasteiger partial charge in [0.2, 0.25) is 0 Å². The average molecular weight is 280 g/mol. The Balaban J connectivity index is 1.90. The number of benzene rings is 2. The Hall–Kier alpha value is -2.22. The van der Waals surface area contributed by atoms with Crippen molar-refractivity contribution in [3.63, 3.8) is 0 Å². The van der Waals surface area contributed by atoms with E-state index >= 15 is 0 Å². The van der Waals surface area contributed by atoms with E-state index in [1.165, 1.54) is 16.7 Å². The molecule has 2 aromatic carbocycles. The molecule has 108 valence electrons. The van der Waals surface area contributed by atoms with Crippen LogP contribution < -0.4 is 9.47 Å². The Bertz CT molecular complexity index is 656. The van der Waals surface area contributed by atoms with Crippen LogP contribution in [-0.4, -0.2) is 7.11 Å². The SMILES string of the molecule is C/C=C/c1ccc2c(c1)[C@H](C)[C@@H](c1ccc(OC)cc1)O2. The summed E-state index contributed by atoms with van der Waals surface area (Å²) in [5.41, 5.74) is 3.69. The first-order valence-corrected chi connectivity index (χ1v) is 7.30. The maximum absolute atomic E-state index is 6.15. The number of allylic oxidation sites excluding steroid dienone is 1. The highest BCUT2D eigenvalue weighted by atomic mass is 16.5. The van der Waals surface area contributed by atoms with Crippen LogP contribution in [0.25, 0.3) is 6.08 Å². The maximum atomic E-state index is 6.15. The largest absolute Gasteiger partial charge is 0.497 e. The van der Waals surface area contributed by atoms with E-state index in [1.54, 1.807) is 7.11 Å². The van der Waals surface area contributed by atoms with E-state index in [2.05, 4.69) is 49.4 Å². The van der Waals surface area contributed by atoms with Gasteiger partial charge in [0, 0.05) is 11.5 Å². The predicted octanol–water partition coefficient (Wildman–Crippen LogP) is 4.97. The third-order valence-corrected chi connectivity index (χ3v) is 4.04. The van der Waals surface area contributed by atoms with E-state index in [1.807, 2.05) is 19.1 Å². The number of hydrogen-bond donors (Lipinski definition) is 0. The summed E-state index contributed by atoms with van der Waals surface area (Å²) in [5.74, 6) is 2.22. The number of ether oxygens (including phenoxy) is 2. The lowest BCUT2D eigenvalue weighted by molar-refractivity contribution is 0.216. The first kappa shape index (κ1) is 13.7. The zero-order valence-electron chi connectivity index (χ0n) is 12.7. The fraction of sp³-hybridized carbons (Fsp3) is 0.263. The fourth-order valence-corrected chi connectivity index (χ4v) is 2.88. The van der Waals surface area contributed by atoms with Gasteiger partial charge in [-0.3, -0.25) is 0 Å². The van der Waals surface area contributed by atoms with Crippen molar-refractivity contribution in [2.24, 2.45) is 0 Å². The van der Waals surface area contributed by atoms with Gasteiger partial charge < -0.3 is 9.47 Å². The lowest BCUT2D eigenvalue weighted by Gasteiger charge is -2.16. The first-order valence-electron chi connectivity index (χ1n) is 7.30. The summed E-state index contributed by atoms with van der Waals surface area (Å²) in [7, 11) is 1.68. The van der Waals surface area contributed by atoms with Gasteiger partial charge in [-0.1, -0.05) is 37.3 Å². The fourth-order valence-electron chi connectivity index (χ4n) is 2.88. The van der Waals surface area contributed by atoms with Gasteiger partial charge >= 0.3 is 0 Å². The molecule has 21 heavy (non-hydrogen) atoms. The molecule has 0 radical (unpaired) electrons. The third-order valence-electron chi connectivity index (χ3n) is 4.04. The minimum Gasteiger partial charge on any atom is -0.497 e. The van der Waals surface area contributed by atoms with Crippen LogP contribution in [-0.2, 0) is 0 Å². The quantitative estimate of drug-likeness (QED) is 0.790.